The van der Waals surface area contributed by atoms with Crippen LogP contribution in [0, 0.1) is 0 Å². The van der Waals surface area contributed by atoms with Crippen molar-refractivity contribution in [2.75, 3.05) is 44.7 Å². The third kappa shape index (κ3) is 6.82. The molecule has 1 fully saturated rings. The van der Waals surface area contributed by atoms with Crippen molar-refractivity contribution in [1.82, 2.24) is 14.0 Å². The summed E-state index contributed by atoms with van der Waals surface area (Å²) in [6.45, 7) is 15.5. The van der Waals surface area contributed by atoms with E-state index in [0.29, 0.717) is 24.7 Å². The van der Waals surface area contributed by atoms with Crippen molar-refractivity contribution in [2.45, 2.75) is 70.5 Å². The molecule has 0 bridgehead atoms. The van der Waals surface area contributed by atoms with Gasteiger partial charge in [0.2, 0.25) is 0 Å². The molecule has 0 radical (unpaired) electrons. The summed E-state index contributed by atoms with van der Waals surface area (Å²) in [4.78, 5) is 30.3. The van der Waals surface area contributed by atoms with Crippen LogP contribution in [0.15, 0.2) is 44.8 Å². The maximum absolute atomic E-state index is 13.1. The van der Waals surface area contributed by atoms with Gasteiger partial charge in [0, 0.05) is 50.9 Å². The highest BCUT2D eigenvalue weighted by molar-refractivity contribution is 7.86. The Kier molecular flexibility index (Phi) is 8.92. The highest BCUT2D eigenvalue weighted by atomic mass is 32.2. The van der Waals surface area contributed by atoms with Crippen LogP contribution in [-0.4, -0.2) is 67.9 Å². The normalized spacial score (nSPS) is 15.5. The summed E-state index contributed by atoms with van der Waals surface area (Å²) in [6, 6.07) is 7.55. The van der Waals surface area contributed by atoms with Gasteiger partial charge in [-0.25, -0.2) is 4.79 Å². The van der Waals surface area contributed by atoms with Gasteiger partial charge in [0.15, 0.2) is 0 Å². The Balaban J connectivity index is 1.61. The van der Waals surface area contributed by atoms with E-state index in [1.54, 1.807) is 22.8 Å². The van der Waals surface area contributed by atoms with Gasteiger partial charge in [-0.2, -0.15) is 8.42 Å². The molecule has 0 N–H and O–H groups in total. The van der Waals surface area contributed by atoms with Crippen molar-refractivity contribution in [1.29, 1.82) is 0 Å². The molecule has 206 valence electrons. The van der Waals surface area contributed by atoms with Crippen LogP contribution >= 0.6 is 0 Å². The standard InChI is InChI=1S/C26H40N4O6S/c1-19(2)29-23(18-24(31)30(20(3)4)25(29)32)28-16-14-27(15-17-28)13-12-26(5,6)36-21-8-10-22(11-9-21)37(33,34)35-7/h8-11,18-20H,12-17H2,1-7H3. The number of hydrogen-bond donors (Lipinski definition) is 0. The van der Waals surface area contributed by atoms with Crippen LogP contribution in [0.25, 0.3) is 0 Å². The summed E-state index contributed by atoms with van der Waals surface area (Å²) in [5.74, 6) is 1.27. The fourth-order valence-corrected chi connectivity index (χ4v) is 5.19. The van der Waals surface area contributed by atoms with Crippen LogP contribution in [0.5, 0.6) is 5.75 Å². The van der Waals surface area contributed by atoms with Gasteiger partial charge in [0.25, 0.3) is 15.7 Å². The number of piperazine rings is 1. The molecule has 10 nitrogen and oxygen atoms in total. The van der Waals surface area contributed by atoms with E-state index in [1.165, 1.54) is 16.7 Å². The average molecular weight is 537 g/mol. The first-order valence-electron chi connectivity index (χ1n) is 12.7. The number of rotatable bonds is 10. The van der Waals surface area contributed by atoms with Crippen molar-refractivity contribution in [3.63, 3.8) is 0 Å². The molecule has 2 heterocycles. The summed E-state index contributed by atoms with van der Waals surface area (Å²) in [5, 5.41) is 0. The largest absolute Gasteiger partial charge is 0.488 e. The number of hydrogen-bond acceptors (Lipinski definition) is 8. The molecule has 1 saturated heterocycles. The van der Waals surface area contributed by atoms with Gasteiger partial charge in [-0.3, -0.25) is 23.0 Å². The second-order valence-electron chi connectivity index (χ2n) is 10.6. The van der Waals surface area contributed by atoms with E-state index in [0.717, 1.165) is 33.2 Å². The van der Waals surface area contributed by atoms with Crippen LogP contribution in [-0.2, 0) is 14.3 Å². The van der Waals surface area contributed by atoms with Gasteiger partial charge in [0.05, 0.1) is 12.0 Å². The number of aromatic nitrogens is 2. The third-order valence-corrected chi connectivity index (χ3v) is 7.92. The molecule has 0 unspecified atom stereocenters. The van der Waals surface area contributed by atoms with Gasteiger partial charge in [0.1, 0.15) is 17.2 Å². The molecule has 3 rings (SSSR count). The quantitative estimate of drug-likeness (QED) is 0.427. The molecule has 37 heavy (non-hydrogen) atoms. The predicted octanol–water partition coefficient (Wildman–Crippen LogP) is 2.88. The molecule has 11 heteroatoms. The smallest absolute Gasteiger partial charge is 0.333 e. The maximum Gasteiger partial charge on any atom is 0.333 e. The van der Waals surface area contributed by atoms with Gasteiger partial charge in [-0.15, -0.1) is 0 Å². The minimum Gasteiger partial charge on any atom is -0.488 e. The fraction of sp³-hybridized carbons (Fsp3) is 0.615. The van der Waals surface area contributed by atoms with Crippen molar-refractivity contribution in [3.8, 4) is 5.75 Å². The van der Waals surface area contributed by atoms with Crippen molar-refractivity contribution >= 4 is 15.9 Å². The third-order valence-electron chi connectivity index (χ3n) is 6.63. The minimum absolute atomic E-state index is 0.0623. The topological polar surface area (TPSA) is 103 Å². The molecular formula is C26H40N4O6S. The lowest BCUT2D eigenvalue weighted by atomic mass is 10.0. The Bertz CT molecular complexity index is 1290. The van der Waals surface area contributed by atoms with E-state index >= 15 is 0 Å². The lowest BCUT2D eigenvalue weighted by Gasteiger charge is -2.38. The maximum atomic E-state index is 13.1. The Morgan fingerprint density at radius 2 is 1.49 bits per heavy atom. The fourth-order valence-electron chi connectivity index (χ4n) is 4.53. The minimum atomic E-state index is -3.73. The van der Waals surface area contributed by atoms with Crippen molar-refractivity contribution < 1.29 is 17.3 Å². The Hall–Kier alpha value is -2.63. The van der Waals surface area contributed by atoms with E-state index in [9.17, 15) is 18.0 Å². The Labute approximate surface area is 219 Å². The second kappa shape index (κ2) is 11.4. The molecule has 0 atom stereocenters. The average Bonchev–Trinajstić information content (AvgIpc) is 2.82. The van der Waals surface area contributed by atoms with E-state index in [-0.39, 0.29) is 28.2 Å². The van der Waals surface area contributed by atoms with Crippen LogP contribution in [0.3, 0.4) is 0 Å². The Morgan fingerprint density at radius 3 is 2.00 bits per heavy atom. The van der Waals surface area contributed by atoms with Crippen LogP contribution in [0.2, 0.25) is 0 Å². The molecule has 0 amide bonds. The van der Waals surface area contributed by atoms with Gasteiger partial charge < -0.3 is 9.64 Å². The summed E-state index contributed by atoms with van der Waals surface area (Å²) in [7, 11) is -2.60. The molecule has 0 spiro atoms. The first kappa shape index (κ1) is 28.9. The summed E-state index contributed by atoms with van der Waals surface area (Å²) in [5.41, 5.74) is -0.985. The summed E-state index contributed by atoms with van der Waals surface area (Å²) >= 11 is 0. The van der Waals surface area contributed by atoms with Crippen LogP contribution in [0.4, 0.5) is 5.82 Å². The Morgan fingerprint density at radius 1 is 0.919 bits per heavy atom. The molecule has 1 aromatic carbocycles. The molecule has 1 aliphatic rings. The number of ether oxygens (including phenoxy) is 1. The highest BCUT2D eigenvalue weighted by Gasteiger charge is 2.26. The van der Waals surface area contributed by atoms with Gasteiger partial charge in [-0.05, 0) is 72.2 Å². The zero-order chi connectivity index (χ0) is 27.5. The SMILES string of the molecule is COS(=O)(=O)c1ccc(OC(C)(C)CCN2CCN(c3cc(=O)n(C(C)C)c(=O)n3C(C)C)CC2)cc1. The number of anilines is 1. The van der Waals surface area contributed by atoms with Crippen molar-refractivity contribution in [3.05, 3.63) is 51.2 Å². The number of benzene rings is 1. The monoisotopic (exact) mass is 536 g/mol. The zero-order valence-corrected chi connectivity index (χ0v) is 23.7. The first-order valence-corrected chi connectivity index (χ1v) is 14.1. The molecule has 2 aromatic rings. The lowest BCUT2D eigenvalue weighted by Crippen LogP contribution is -2.51. The molecular weight excluding hydrogens is 496 g/mol. The van der Waals surface area contributed by atoms with Crippen molar-refractivity contribution in [2.24, 2.45) is 0 Å². The molecule has 1 aliphatic heterocycles. The van der Waals surface area contributed by atoms with E-state index in [4.69, 9.17) is 4.74 Å². The lowest BCUT2D eigenvalue weighted by molar-refractivity contribution is 0.0820. The number of nitrogens with zero attached hydrogens (tertiary/aromatic N) is 4. The first-order chi connectivity index (χ1) is 17.3. The molecule has 1 aromatic heterocycles. The van der Waals surface area contributed by atoms with E-state index < -0.39 is 15.7 Å². The zero-order valence-electron chi connectivity index (χ0n) is 22.9. The van der Waals surface area contributed by atoms with Crippen LogP contribution < -0.4 is 20.9 Å². The summed E-state index contributed by atoms with van der Waals surface area (Å²) in [6.07, 6.45) is 0.770. The highest BCUT2D eigenvalue weighted by Crippen LogP contribution is 2.24. The van der Waals surface area contributed by atoms with E-state index in [2.05, 4.69) is 14.0 Å². The molecule has 0 aliphatic carbocycles. The molecule has 0 saturated carbocycles. The predicted molar refractivity (Wildman–Crippen MR) is 144 cm³/mol. The second-order valence-corrected chi connectivity index (χ2v) is 12.3. The van der Waals surface area contributed by atoms with Crippen LogP contribution in [0.1, 0.15) is 60.0 Å². The van der Waals surface area contributed by atoms with Gasteiger partial charge in [-0.1, -0.05) is 0 Å². The van der Waals surface area contributed by atoms with E-state index in [1.807, 2.05) is 41.5 Å². The summed E-state index contributed by atoms with van der Waals surface area (Å²) < 4.78 is 37.3. The van der Waals surface area contributed by atoms with Gasteiger partial charge >= 0.3 is 5.69 Å².